The zero-order valence-electron chi connectivity index (χ0n) is 15.1. The Balaban J connectivity index is 1.57. The van der Waals surface area contributed by atoms with Gasteiger partial charge in [0.25, 0.3) is 5.91 Å². The van der Waals surface area contributed by atoms with Gasteiger partial charge in [-0.25, -0.2) is 9.97 Å². The summed E-state index contributed by atoms with van der Waals surface area (Å²) in [6.45, 7) is 1.20. The molecule has 3 aromatic rings. The predicted molar refractivity (Wildman–Crippen MR) is 108 cm³/mol. The van der Waals surface area contributed by atoms with Gasteiger partial charge in [-0.2, -0.15) is 0 Å². The molecule has 0 bridgehead atoms. The number of benzene rings is 2. The number of anilines is 1. The zero-order chi connectivity index (χ0) is 19.1. The lowest BCUT2D eigenvalue weighted by molar-refractivity contribution is 0.0779. The van der Waals surface area contributed by atoms with Crippen molar-refractivity contribution < 1.29 is 4.79 Å². The second-order valence-electron chi connectivity index (χ2n) is 6.22. The second-order valence-corrected chi connectivity index (χ2v) is 6.65. The van der Waals surface area contributed by atoms with Crippen molar-refractivity contribution in [3.8, 4) is 0 Å². The molecule has 27 heavy (non-hydrogen) atoms. The first-order valence-corrected chi connectivity index (χ1v) is 9.10. The maximum atomic E-state index is 12.6. The second kappa shape index (κ2) is 9.14. The topological polar surface area (TPSA) is 58.1 Å². The highest BCUT2D eigenvalue weighted by Crippen LogP contribution is 2.11. The van der Waals surface area contributed by atoms with Crippen molar-refractivity contribution in [1.29, 1.82) is 0 Å². The first-order valence-electron chi connectivity index (χ1n) is 8.72. The van der Waals surface area contributed by atoms with E-state index in [0.717, 1.165) is 17.0 Å². The molecule has 0 aliphatic rings. The molecule has 3 rings (SSSR count). The quantitative estimate of drug-likeness (QED) is 0.671. The number of nitrogens with one attached hydrogen (secondary N) is 1. The number of carbonyl (C=O) groups is 1. The van der Waals surface area contributed by atoms with Crippen molar-refractivity contribution in [3.63, 3.8) is 0 Å². The smallest absolute Gasteiger partial charge is 0.272 e. The molecule has 1 amide bonds. The largest absolute Gasteiger partial charge is 0.354 e. The lowest BCUT2D eigenvalue weighted by atomic mass is 10.1. The van der Waals surface area contributed by atoms with Crippen LogP contribution >= 0.6 is 11.6 Å². The standard InChI is InChI=1S/C21H21ClN4O/c1-26(15-17-5-3-2-4-6-17)20(27)19-12-14-24-21(25-19)23-13-11-16-7-9-18(22)10-8-16/h2-10,12,14H,11,13,15H2,1H3,(H,23,24,25). The highest BCUT2D eigenvalue weighted by molar-refractivity contribution is 6.30. The third kappa shape index (κ3) is 5.53. The minimum absolute atomic E-state index is 0.137. The fourth-order valence-electron chi connectivity index (χ4n) is 2.66. The van der Waals surface area contributed by atoms with Crippen LogP contribution in [-0.2, 0) is 13.0 Å². The van der Waals surface area contributed by atoms with Gasteiger partial charge < -0.3 is 10.2 Å². The highest BCUT2D eigenvalue weighted by atomic mass is 35.5. The molecule has 1 aromatic heterocycles. The Morgan fingerprint density at radius 3 is 2.52 bits per heavy atom. The average molecular weight is 381 g/mol. The summed E-state index contributed by atoms with van der Waals surface area (Å²) >= 11 is 5.89. The van der Waals surface area contributed by atoms with Gasteiger partial charge in [0, 0.05) is 31.4 Å². The van der Waals surface area contributed by atoms with Crippen molar-refractivity contribution in [3.05, 3.63) is 88.7 Å². The van der Waals surface area contributed by atoms with Gasteiger partial charge in [0.2, 0.25) is 5.95 Å². The molecular weight excluding hydrogens is 360 g/mol. The number of hydrogen-bond donors (Lipinski definition) is 1. The van der Waals surface area contributed by atoms with Crippen molar-refractivity contribution in [2.75, 3.05) is 18.9 Å². The van der Waals surface area contributed by atoms with E-state index in [2.05, 4.69) is 15.3 Å². The number of halogens is 1. The molecule has 1 N–H and O–H groups in total. The number of rotatable bonds is 7. The first kappa shape index (κ1) is 18.9. The van der Waals surface area contributed by atoms with E-state index in [0.29, 0.717) is 24.7 Å². The number of aromatic nitrogens is 2. The molecule has 0 unspecified atom stereocenters. The van der Waals surface area contributed by atoms with Gasteiger partial charge in [0.05, 0.1) is 0 Å². The van der Waals surface area contributed by atoms with Crippen LogP contribution in [0.5, 0.6) is 0 Å². The molecule has 6 heteroatoms. The zero-order valence-corrected chi connectivity index (χ0v) is 15.9. The van der Waals surface area contributed by atoms with Crippen LogP contribution in [0.15, 0.2) is 66.9 Å². The van der Waals surface area contributed by atoms with Crippen LogP contribution < -0.4 is 5.32 Å². The van der Waals surface area contributed by atoms with Crippen LogP contribution in [0, 0.1) is 0 Å². The van der Waals surface area contributed by atoms with Gasteiger partial charge in [-0.15, -0.1) is 0 Å². The van der Waals surface area contributed by atoms with E-state index in [9.17, 15) is 4.79 Å². The SMILES string of the molecule is CN(Cc1ccccc1)C(=O)c1ccnc(NCCc2ccc(Cl)cc2)n1. The Morgan fingerprint density at radius 1 is 1.04 bits per heavy atom. The van der Waals surface area contributed by atoms with E-state index in [1.165, 1.54) is 5.56 Å². The van der Waals surface area contributed by atoms with Crippen LogP contribution in [0.3, 0.4) is 0 Å². The van der Waals surface area contributed by atoms with Gasteiger partial charge in [0.15, 0.2) is 0 Å². The Hall–Kier alpha value is -2.92. The van der Waals surface area contributed by atoms with Gasteiger partial charge in [-0.1, -0.05) is 54.1 Å². The molecule has 5 nitrogen and oxygen atoms in total. The molecule has 0 aliphatic carbocycles. The molecule has 138 valence electrons. The fraction of sp³-hybridized carbons (Fsp3) is 0.190. The highest BCUT2D eigenvalue weighted by Gasteiger charge is 2.14. The molecule has 0 fully saturated rings. The van der Waals surface area contributed by atoms with Crippen LogP contribution in [0.1, 0.15) is 21.6 Å². The van der Waals surface area contributed by atoms with E-state index >= 15 is 0 Å². The van der Waals surface area contributed by atoms with Crippen LogP contribution in [0.25, 0.3) is 0 Å². The van der Waals surface area contributed by atoms with E-state index in [-0.39, 0.29) is 5.91 Å². The minimum atomic E-state index is -0.137. The fourth-order valence-corrected chi connectivity index (χ4v) is 2.78. The summed E-state index contributed by atoms with van der Waals surface area (Å²) in [7, 11) is 1.77. The summed E-state index contributed by atoms with van der Waals surface area (Å²) in [4.78, 5) is 22.8. The number of carbonyl (C=O) groups excluding carboxylic acids is 1. The minimum Gasteiger partial charge on any atom is -0.354 e. The third-order valence-electron chi connectivity index (χ3n) is 4.09. The van der Waals surface area contributed by atoms with Crippen LogP contribution in [0.4, 0.5) is 5.95 Å². The first-order chi connectivity index (χ1) is 13.1. The van der Waals surface area contributed by atoms with Crippen molar-refractivity contribution >= 4 is 23.5 Å². The van der Waals surface area contributed by atoms with Gasteiger partial charge in [-0.05, 0) is 35.7 Å². The monoisotopic (exact) mass is 380 g/mol. The van der Waals surface area contributed by atoms with Crippen molar-refractivity contribution in [2.45, 2.75) is 13.0 Å². The summed E-state index contributed by atoms with van der Waals surface area (Å²) in [6.07, 6.45) is 2.41. The van der Waals surface area contributed by atoms with Gasteiger partial charge in [-0.3, -0.25) is 4.79 Å². The van der Waals surface area contributed by atoms with Crippen molar-refractivity contribution in [1.82, 2.24) is 14.9 Å². The number of amides is 1. The summed E-state index contributed by atoms with van der Waals surface area (Å²) in [5, 5.41) is 3.89. The molecule has 0 radical (unpaired) electrons. The van der Waals surface area contributed by atoms with E-state index in [4.69, 9.17) is 11.6 Å². The lowest BCUT2D eigenvalue weighted by Gasteiger charge is -2.17. The normalized spacial score (nSPS) is 10.4. The summed E-state index contributed by atoms with van der Waals surface area (Å²) in [6, 6.07) is 19.2. The average Bonchev–Trinajstić information content (AvgIpc) is 2.70. The number of hydrogen-bond acceptors (Lipinski definition) is 4. The van der Waals surface area contributed by atoms with Gasteiger partial charge in [0.1, 0.15) is 5.69 Å². The molecule has 0 aliphatic heterocycles. The Morgan fingerprint density at radius 2 is 1.78 bits per heavy atom. The summed E-state index contributed by atoms with van der Waals surface area (Å²) in [5.41, 5.74) is 2.61. The molecule has 0 atom stereocenters. The van der Waals surface area contributed by atoms with E-state index in [1.807, 2.05) is 54.6 Å². The Labute approximate surface area is 164 Å². The molecule has 0 saturated heterocycles. The molecule has 2 aromatic carbocycles. The molecule has 0 saturated carbocycles. The van der Waals surface area contributed by atoms with Crippen LogP contribution in [-0.4, -0.2) is 34.4 Å². The predicted octanol–water partition coefficient (Wildman–Crippen LogP) is 4.06. The third-order valence-corrected chi connectivity index (χ3v) is 4.35. The Kier molecular flexibility index (Phi) is 6.39. The molecule has 0 spiro atoms. The maximum absolute atomic E-state index is 12.6. The Bertz CT molecular complexity index is 884. The van der Waals surface area contributed by atoms with Crippen molar-refractivity contribution in [2.24, 2.45) is 0 Å². The van der Waals surface area contributed by atoms with E-state index < -0.39 is 0 Å². The number of nitrogens with zero attached hydrogens (tertiary/aromatic N) is 3. The maximum Gasteiger partial charge on any atom is 0.272 e. The summed E-state index contributed by atoms with van der Waals surface area (Å²) < 4.78 is 0. The van der Waals surface area contributed by atoms with E-state index in [1.54, 1.807) is 24.2 Å². The molecular formula is C21H21ClN4O. The van der Waals surface area contributed by atoms with Gasteiger partial charge >= 0.3 is 0 Å². The lowest BCUT2D eigenvalue weighted by Crippen LogP contribution is -2.27. The molecule has 1 heterocycles. The van der Waals surface area contributed by atoms with Crippen LogP contribution in [0.2, 0.25) is 5.02 Å². The summed E-state index contributed by atoms with van der Waals surface area (Å²) in [5.74, 6) is 0.310.